The van der Waals surface area contributed by atoms with Gasteiger partial charge in [-0.25, -0.2) is 4.79 Å². The Bertz CT molecular complexity index is 1320. The SMILES string of the molecule is Cc1ccc(C)c(OCCN2C(=O)S/C(=C\c3ccc(OC(=O)c4ccccc4Cl)cc3)C2=O)c1. The Kier molecular flexibility index (Phi) is 7.58. The number of imide groups is 1. The van der Waals surface area contributed by atoms with Crippen LogP contribution in [0.25, 0.3) is 6.08 Å². The van der Waals surface area contributed by atoms with Gasteiger partial charge in [-0.05, 0) is 78.7 Å². The molecule has 4 rings (SSSR count). The third-order valence-electron chi connectivity index (χ3n) is 5.27. The van der Waals surface area contributed by atoms with Crippen LogP contribution in [-0.4, -0.2) is 35.2 Å². The molecular formula is C27H22ClNO5S. The molecule has 1 heterocycles. The summed E-state index contributed by atoms with van der Waals surface area (Å²) >= 11 is 6.92. The van der Waals surface area contributed by atoms with E-state index in [2.05, 4.69) is 0 Å². The lowest BCUT2D eigenvalue weighted by Gasteiger charge is -2.14. The van der Waals surface area contributed by atoms with Gasteiger partial charge in [-0.3, -0.25) is 14.5 Å². The van der Waals surface area contributed by atoms with Gasteiger partial charge in [0.15, 0.2) is 0 Å². The monoisotopic (exact) mass is 507 g/mol. The Morgan fingerprint density at radius 2 is 1.77 bits per heavy atom. The fourth-order valence-electron chi connectivity index (χ4n) is 3.37. The molecule has 1 saturated heterocycles. The number of carbonyl (C=O) groups is 3. The maximum Gasteiger partial charge on any atom is 0.345 e. The van der Waals surface area contributed by atoms with Crippen LogP contribution in [0, 0.1) is 13.8 Å². The van der Waals surface area contributed by atoms with Gasteiger partial charge in [-0.2, -0.15) is 0 Å². The average Bonchev–Trinajstić information content (AvgIpc) is 3.10. The topological polar surface area (TPSA) is 72.9 Å². The minimum atomic E-state index is -0.562. The highest BCUT2D eigenvalue weighted by molar-refractivity contribution is 8.18. The smallest absolute Gasteiger partial charge is 0.345 e. The molecule has 0 unspecified atom stereocenters. The number of rotatable bonds is 7. The molecule has 0 N–H and O–H groups in total. The lowest BCUT2D eigenvalue weighted by molar-refractivity contribution is -0.123. The number of carbonyl (C=O) groups excluding carboxylic acids is 3. The molecule has 0 aliphatic carbocycles. The molecule has 178 valence electrons. The predicted molar refractivity (Wildman–Crippen MR) is 137 cm³/mol. The van der Waals surface area contributed by atoms with Crippen LogP contribution in [0.4, 0.5) is 4.79 Å². The van der Waals surface area contributed by atoms with Crippen LogP contribution in [0.15, 0.2) is 71.6 Å². The van der Waals surface area contributed by atoms with Crippen molar-refractivity contribution >= 4 is 46.6 Å². The Morgan fingerprint density at radius 3 is 2.51 bits per heavy atom. The van der Waals surface area contributed by atoms with E-state index >= 15 is 0 Å². The largest absolute Gasteiger partial charge is 0.491 e. The molecule has 1 fully saturated rings. The summed E-state index contributed by atoms with van der Waals surface area (Å²) in [6.45, 7) is 4.29. The molecule has 0 saturated carbocycles. The van der Waals surface area contributed by atoms with E-state index in [0.29, 0.717) is 21.2 Å². The predicted octanol–water partition coefficient (Wildman–Crippen LogP) is 6.29. The molecule has 0 aromatic heterocycles. The summed E-state index contributed by atoms with van der Waals surface area (Å²) < 4.78 is 11.2. The van der Waals surface area contributed by atoms with Crippen molar-refractivity contribution in [2.75, 3.05) is 13.2 Å². The number of nitrogens with zero attached hydrogens (tertiary/aromatic N) is 1. The Hall–Kier alpha value is -3.55. The fourth-order valence-corrected chi connectivity index (χ4v) is 4.45. The molecule has 0 radical (unpaired) electrons. The van der Waals surface area contributed by atoms with Gasteiger partial charge in [0.1, 0.15) is 18.1 Å². The zero-order valence-corrected chi connectivity index (χ0v) is 20.7. The van der Waals surface area contributed by atoms with Crippen molar-refractivity contribution in [2.45, 2.75) is 13.8 Å². The molecule has 0 atom stereocenters. The lowest BCUT2D eigenvalue weighted by Crippen LogP contribution is -2.32. The summed E-state index contributed by atoms with van der Waals surface area (Å²) in [5.74, 6) is 0.151. The van der Waals surface area contributed by atoms with Gasteiger partial charge in [0, 0.05) is 0 Å². The third-order valence-corrected chi connectivity index (χ3v) is 6.51. The quantitative estimate of drug-likeness (QED) is 0.212. The van der Waals surface area contributed by atoms with E-state index in [4.69, 9.17) is 21.1 Å². The highest BCUT2D eigenvalue weighted by Crippen LogP contribution is 2.32. The van der Waals surface area contributed by atoms with Crippen molar-refractivity contribution in [3.05, 3.63) is 98.9 Å². The van der Waals surface area contributed by atoms with Crippen molar-refractivity contribution < 1.29 is 23.9 Å². The number of benzene rings is 3. The molecular weight excluding hydrogens is 486 g/mol. The number of hydrogen-bond acceptors (Lipinski definition) is 6. The van der Waals surface area contributed by atoms with Gasteiger partial charge >= 0.3 is 5.97 Å². The summed E-state index contributed by atoms with van der Waals surface area (Å²) in [4.78, 5) is 39.0. The first-order valence-electron chi connectivity index (χ1n) is 10.8. The highest BCUT2D eigenvalue weighted by atomic mass is 35.5. The molecule has 8 heteroatoms. The highest BCUT2D eigenvalue weighted by Gasteiger charge is 2.34. The summed E-state index contributed by atoms with van der Waals surface area (Å²) in [7, 11) is 0. The zero-order chi connectivity index (χ0) is 24.9. The Morgan fingerprint density at radius 1 is 1.03 bits per heavy atom. The van der Waals surface area contributed by atoms with Crippen molar-refractivity contribution in [3.8, 4) is 11.5 Å². The van der Waals surface area contributed by atoms with Gasteiger partial charge in [-0.15, -0.1) is 0 Å². The van der Waals surface area contributed by atoms with Crippen LogP contribution >= 0.6 is 23.4 Å². The van der Waals surface area contributed by atoms with E-state index in [-0.39, 0.29) is 29.9 Å². The maximum atomic E-state index is 12.8. The van der Waals surface area contributed by atoms with Crippen molar-refractivity contribution in [2.24, 2.45) is 0 Å². The summed E-state index contributed by atoms with van der Waals surface area (Å²) in [6.07, 6.45) is 1.64. The first kappa shape index (κ1) is 24.6. The number of hydrogen-bond donors (Lipinski definition) is 0. The molecule has 0 bridgehead atoms. The number of amides is 2. The van der Waals surface area contributed by atoms with E-state index in [1.807, 2.05) is 32.0 Å². The van der Waals surface area contributed by atoms with Gasteiger partial charge in [0.2, 0.25) is 0 Å². The molecule has 1 aliphatic heterocycles. The number of thioether (sulfide) groups is 1. The minimum Gasteiger partial charge on any atom is -0.491 e. The van der Waals surface area contributed by atoms with E-state index in [9.17, 15) is 14.4 Å². The maximum absolute atomic E-state index is 12.8. The van der Waals surface area contributed by atoms with Gasteiger partial charge < -0.3 is 9.47 Å². The molecule has 0 spiro atoms. The van der Waals surface area contributed by atoms with Crippen LogP contribution in [0.5, 0.6) is 11.5 Å². The molecule has 1 aliphatic rings. The van der Waals surface area contributed by atoms with E-state index in [0.717, 1.165) is 28.6 Å². The number of ether oxygens (including phenoxy) is 2. The molecule has 3 aromatic rings. The van der Waals surface area contributed by atoms with E-state index < -0.39 is 5.97 Å². The van der Waals surface area contributed by atoms with Crippen LogP contribution in [0.3, 0.4) is 0 Å². The van der Waals surface area contributed by atoms with Gasteiger partial charge in [0.05, 0.1) is 22.0 Å². The number of halogens is 1. The van der Waals surface area contributed by atoms with Crippen molar-refractivity contribution in [3.63, 3.8) is 0 Å². The van der Waals surface area contributed by atoms with Crippen molar-refractivity contribution in [1.29, 1.82) is 0 Å². The molecule has 3 aromatic carbocycles. The second-order valence-electron chi connectivity index (χ2n) is 7.89. The second-order valence-corrected chi connectivity index (χ2v) is 9.29. The summed E-state index contributed by atoms with van der Waals surface area (Å²) in [6, 6.07) is 19.2. The van der Waals surface area contributed by atoms with Gasteiger partial charge in [-0.1, -0.05) is 48.0 Å². The lowest BCUT2D eigenvalue weighted by atomic mass is 10.1. The van der Waals surface area contributed by atoms with E-state index in [1.165, 1.54) is 4.90 Å². The molecule has 2 amide bonds. The number of aryl methyl sites for hydroxylation is 2. The fraction of sp³-hybridized carbons (Fsp3) is 0.148. The van der Waals surface area contributed by atoms with Crippen molar-refractivity contribution in [1.82, 2.24) is 4.90 Å². The van der Waals surface area contributed by atoms with Crippen LogP contribution in [0.2, 0.25) is 5.02 Å². The third kappa shape index (κ3) is 5.93. The molecule has 6 nitrogen and oxygen atoms in total. The zero-order valence-electron chi connectivity index (χ0n) is 19.1. The first-order valence-corrected chi connectivity index (χ1v) is 12.0. The Labute approximate surface area is 212 Å². The van der Waals surface area contributed by atoms with Gasteiger partial charge in [0.25, 0.3) is 11.1 Å². The normalized spacial score (nSPS) is 14.5. The van der Waals surface area contributed by atoms with Crippen LogP contribution in [0.1, 0.15) is 27.0 Å². The van der Waals surface area contributed by atoms with Crippen LogP contribution in [-0.2, 0) is 4.79 Å². The minimum absolute atomic E-state index is 0.159. The first-order chi connectivity index (χ1) is 16.8. The molecule has 35 heavy (non-hydrogen) atoms. The Balaban J connectivity index is 1.36. The average molecular weight is 508 g/mol. The summed E-state index contributed by atoms with van der Waals surface area (Å²) in [5, 5.41) is -0.0274. The number of esters is 1. The van der Waals surface area contributed by atoms with Crippen LogP contribution < -0.4 is 9.47 Å². The standard InChI is InChI=1S/C27H22ClNO5S/c1-17-7-8-18(2)23(15-17)33-14-13-29-25(30)24(35-27(29)32)16-19-9-11-20(12-10-19)34-26(31)21-5-3-4-6-22(21)28/h3-12,15-16H,13-14H2,1-2H3/b24-16-. The second kappa shape index (κ2) is 10.8. The van der Waals surface area contributed by atoms with E-state index in [1.54, 1.807) is 54.6 Å². The summed E-state index contributed by atoms with van der Waals surface area (Å²) in [5.41, 5.74) is 3.03.